The summed E-state index contributed by atoms with van der Waals surface area (Å²) in [5.74, 6) is -1.41. The van der Waals surface area contributed by atoms with E-state index in [1.54, 1.807) is 39.8 Å². The second-order valence-corrected chi connectivity index (χ2v) is 8.23. The minimum absolute atomic E-state index is 0.0194. The molecule has 33 heavy (non-hydrogen) atoms. The van der Waals surface area contributed by atoms with Crippen LogP contribution >= 0.6 is 0 Å². The number of nitrogens with zero attached hydrogens (tertiary/aromatic N) is 1. The van der Waals surface area contributed by atoms with Crippen LogP contribution in [0.2, 0.25) is 0 Å². The van der Waals surface area contributed by atoms with Gasteiger partial charge in [0.1, 0.15) is 11.5 Å². The van der Waals surface area contributed by atoms with E-state index in [1.165, 1.54) is 30.0 Å². The number of carbonyl (C=O) groups excluding carboxylic acids is 1. The average Bonchev–Trinajstić information content (AvgIpc) is 2.69. The van der Waals surface area contributed by atoms with Crippen molar-refractivity contribution in [3.63, 3.8) is 0 Å². The average molecular weight is 463 g/mol. The highest BCUT2D eigenvalue weighted by Gasteiger charge is 2.41. The van der Waals surface area contributed by atoms with Gasteiger partial charge in [0.25, 0.3) is 5.91 Å². The topological polar surface area (TPSA) is 76.1 Å². The van der Waals surface area contributed by atoms with Gasteiger partial charge in [-0.3, -0.25) is 4.79 Å². The Kier molecular flexibility index (Phi) is 6.19. The Bertz CT molecular complexity index is 1150. The fourth-order valence-electron chi connectivity index (χ4n) is 3.69. The number of aryl methyl sites for hydroxylation is 1. The van der Waals surface area contributed by atoms with Crippen molar-refractivity contribution in [2.75, 3.05) is 11.4 Å². The molecule has 0 spiro atoms. The highest BCUT2D eigenvalue weighted by atomic mass is 19.4. The van der Waals surface area contributed by atoms with E-state index < -0.39 is 23.7 Å². The van der Waals surface area contributed by atoms with Crippen molar-refractivity contribution in [3.8, 4) is 22.6 Å². The van der Waals surface area contributed by atoms with Crippen LogP contribution in [0.4, 0.5) is 18.9 Å². The monoisotopic (exact) mass is 463 g/mol. The maximum absolute atomic E-state index is 13.1. The van der Waals surface area contributed by atoms with E-state index in [4.69, 9.17) is 9.84 Å². The Morgan fingerprint density at radius 2 is 1.88 bits per heavy atom. The summed E-state index contributed by atoms with van der Waals surface area (Å²) in [6, 6.07) is 7.18. The molecule has 176 valence electrons. The minimum Gasteiger partial charge on any atom is -0.478 e. The first kappa shape index (κ1) is 24.2. The summed E-state index contributed by atoms with van der Waals surface area (Å²) in [7, 11) is 0. The number of rotatable bonds is 5. The number of alkyl halides is 3. The molecule has 0 saturated carbocycles. The Hall–Kier alpha value is -3.49. The first-order valence-corrected chi connectivity index (χ1v) is 10.2. The molecule has 1 heterocycles. The standard InChI is InChI=1S/C24H24F3NO5/c1-6-28-18-12-16(13(2)10-20(18)32-23(4,5)22(28)31)17-11-15(9-14(3)21(29)30)7-8-19(17)33-24(25,26)27/h7-12H,6H2,1-5H3,(H,29,30)/b14-9+. The third-order valence-electron chi connectivity index (χ3n) is 5.28. The molecule has 0 radical (unpaired) electrons. The third kappa shape index (κ3) is 4.97. The molecule has 2 aromatic carbocycles. The summed E-state index contributed by atoms with van der Waals surface area (Å²) in [5, 5.41) is 9.14. The van der Waals surface area contributed by atoms with Crippen LogP contribution in [-0.2, 0) is 9.59 Å². The van der Waals surface area contributed by atoms with Crippen molar-refractivity contribution in [2.45, 2.75) is 46.6 Å². The van der Waals surface area contributed by atoms with E-state index in [1.807, 2.05) is 0 Å². The van der Waals surface area contributed by atoms with Crippen molar-refractivity contribution in [2.24, 2.45) is 0 Å². The van der Waals surface area contributed by atoms with Gasteiger partial charge >= 0.3 is 12.3 Å². The molecule has 1 aliphatic rings. The number of aliphatic carboxylic acids is 1. The molecule has 0 aromatic heterocycles. The number of benzene rings is 2. The Morgan fingerprint density at radius 3 is 2.45 bits per heavy atom. The first-order chi connectivity index (χ1) is 15.2. The third-order valence-corrected chi connectivity index (χ3v) is 5.28. The van der Waals surface area contributed by atoms with Gasteiger partial charge in [-0.1, -0.05) is 6.07 Å². The molecule has 0 atom stereocenters. The van der Waals surface area contributed by atoms with Gasteiger partial charge in [-0.05, 0) is 81.7 Å². The van der Waals surface area contributed by atoms with Crippen molar-refractivity contribution < 1.29 is 37.3 Å². The Morgan fingerprint density at radius 1 is 1.21 bits per heavy atom. The van der Waals surface area contributed by atoms with Crippen LogP contribution in [0, 0.1) is 6.92 Å². The highest BCUT2D eigenvalue weighted by molar-refractivity contribution is 6.03. The van der Waals surface area contributed by atoms with Gasteiger partial charge in [0, 0.05) is 17.7 Å². The predicted molar refractivity (Wildman–Crippen MR) is 117 cm³/mol. The van der Waals surface area contributed by atoms with Crippen molar-refractivity contribution in [3.05, 3.63) is 47.0 Å². The second kappa shape index (κ2) is 8.46. The van der Waals surface area contributed by atoms with E-state index in [0.717, 1.165) is 6.07 Å². The van der Waals surface area contributed by atoms with Crippen LogP contribution in [0.15, 0.2) is 35.9 Å². The molecule has 2 aromatic rings. The van der Waals surface area contributed by atoms with Crippen LogP contribution in [0.25, 0.3) is 17.2 Å². The minimum atomic E-state index is -4.93. The number of ether oxygens (including phenoxy) is 2. The van der Waals surface area contributed by atoms with Gasteiger partial charge < -0.3 is 19.5 Å². The van der Waals surface area contributed by atoms with Crippen molar-refractivity contribution in [1.29, 1.82) is 0 Å². The number of hydrogen-bond donors (Lipinski definition) is 1. The number of likely N-dealkylation sites (N-methyl/N-ethyl adjacent to an activating group) is 1. The first-order valence-electron chi connectivity index (χ1n) is 10.2. The van der Waals surface area contributed by atoms with Crippen LogP contribution in [0.3, 0.4) is 0 Å². The molecule has 0 fully saturated rings. The smallest absolute Gasteiger partial charge is 0.478 e. The molecule has 3 rings (SSSR count). The molecule has 1 N–H and O–H groups in total. The summed E-state index contributed by atoms with van der Waals surface area (Å²) in [6.45, 7) is 8.53. The summed E-state index contributed by atoms with van der Waals surface area (Å²) in [4.78, 5) is 25.5. The molecular formula is C24H24F3NO5. The number of carbonyl (C=O) groups is 2. The number of hydrogen-bond acceptors (Lipinski definition) is 4. The van der Waals surface area contributed by atoms with E-state index in [-0.39, 0.29) is 17.0 Å². The van der Waals surface area contributed by atoms with E-state index in [2.05, 4.69) is 4.74 Å². The highest BCUT2D eigenvalue weighted by Crippen LogP contribution is 2.44. The molecule has 0 bridgehead atoms. The summed E-state index contributed by atoms with van der Waals surface area (Å²) in [5.41, 5.74) is 0.851. The number of carboxylic acid groups (broad SMARTS) is 1. The lowest BCUT2D eigenvalue weighted by Crippen LogP contribution is -2.52. The van der Waals surface area contributed by atoms with Gasteiger partial charge in [0.15, 0.2) is 5.60 Å². The summed E-state index contributed by atoms with van der Waals surface area (Å²) in [6.07, 6.45) is -3.58. The second-order valence-electron chi connectivity index (χ2n) is 8.23. The largest absolute Gasteiger partial charge is 0.573 e. The summed E-state index contributed by atoms with van der Waals surface area (Å²) < 4.78 is 49.4. The molecule has 1 amide bonds. The molecule has 0 aliphatic carbocycles. The molecule has 0 unspecified atom stereocenters. The fourth-order valence-corrected chi connectivity index (χ4v) is 3.69. The number of halogens is 3. The number of anilines is 1. The zero-order valence-corrected chi connectivity index (χ0v) is 18.8. The van der Waals surface area contributed by atoms with Crippen molar-refractivity contribution >= 4 is 23.6 Å². The zero-order valence-electron chi connectivity index (χ0n) is 18.8. The molecular weight excluding hydrogens is 439 g/mol. The zero-order chi connectivity index (χ0) is 24.7. The molecule has 1 aliphatic heterocycles. The maximum atomic E-state index is 13.1. The molecule has 0 saturated heterocycles. The van der Waals surface area contributed by atoms with Gasteiger partial charge in [-0.2, -0.15) is 0 Å². The lowest BCUT2D eigenvalue weighted by Gasteiger charge is -2.39. The lowest BCUT2D eigenvalue weighted by atomic mass is 9.94. The lowest BCUT2D eigenvalue weighted by molar-refractivity contribution is -0.274. The number of amides is 1. The van der Waals surface area contributed by atoms with Crippen LogP contribution in [0.1, 0.15) is 38.8 Å². The number of fused-ring (bicyclic) bond motifs is 1. The van der Waals surface area contributed by atoms with Crippen LogP contribution in [0.5, 0.6) is 11.5 Å². The van der Waals surface area contributed by atoms with Gasteiger partial charge in [0.05, 0.1) is 5.69 Å². The summed E-state index contributed by atoms with van der Waals surface area (Å²) >= 11 is 0. The molecule has 6 nitrogen and oxygen atoms in total. The quantitative estimate of drug-likeness (QED) is 0.587. The maximum Gasteiger partial charge on any atom is 0.573 e. The molecule has 9 heteroatoms. The van der Waals surface area contributed by atoms with E-state index in [9.17, 15) is 22.8 Å². The fraction of sp³-hybridized carbons (Fsp3) is 0.333. The Labute approximate surface area is 189 Å². The predicted octanol–water partition coefficient (Wildman–Crippen LogP) is 5.57. The Balaban J connectivity index is 2.24. The van der Waals surface area contributed by atoms with Crippen LogP contribution in [-0.4, -0.2) is 35.5 Å². The van der Waals surface area contributed by atoms with Gasteiger partial charge in [-0.15, -0.1) is 13.2 Å². The van der Waals surface area contributed by atoms with Gasteiger partial charge in [0.2, 0.25) is 0 Å². The number of carboxylic acids is 1. The van der Waals surface area contributed by atoms with Crippen molar-refractivity contribution in [1.82, 2.24) is 0 Å². The SMILES string of the molecule is CCN1C(=O)C(C)(C)Oc2cc(C)c(-c3cc(/C=C(\C)C(=O)O)ccc3OC(F)(F)F)cc21. The normalized spacial score (nSPS) is 15.7. The van der Waals surface area contributed by atoms with Crippen LogP contribution < -0.4 is 14.4 Å². The van der Waals surface area contributed by atoms with E-state index >= 15 is 0 Å². The van der Waals surface area contributed by atoms with Gasteiger partial charge in [-0.25, -0.2) is 4.79 Å². The van der Waals surface area contributed by atoms with E-state index in [0.29, 0.717) is 34.7 Å².